The van der Waals surface area contributed by atoms with Crippen LogP contribution in [-0.2, 0) is 0 Å². The Morgan fingerprint density at radius 2 is 1.92 bits per heavy atom. The quantitative estimate of drug-likeness (QED) is 0.561. The molecule has 1 aromatic carbocycles. The average Bonchev–Trinajstić information content (AvgIpc) is 2.04. The summed E-state index contributed by atoms with van der Waals surface area (Å²) in [5, 5.41) is 17.8. The van der Waals surface area contributed by atoms with Gasteiger partial charge in [-0.25, -0.2) is 0 Å². The third kappa shape index (κ3) is 2.03. The van der Waals surface area contributed by atoms with Crippen LogP contribution < -0.4 is 5.46 Å². The van der Waals surface area contributed by atoms with Gasteiger partial charge in [0, 0.05) is 5.46 Å². The number of rotatable bonds is 2. The predicted octanol–water partition coefficient (Wildman–Crippen LogP) is 0.486. The molecule has 0 heterocycles. The van der Waals surface area contributed by atoms with Crippen LogP contribution in [0.3, 0.4) is 0 Å². The minimum Gasteiger partial charge on any atom is -0.423 e. The molecule has 0 atom stereocenters. The lowest BCUT2D eigenvalue weighted by molar-refractivity contribution is 0.112. The molecular weight excluding hydrogens is 214 g/mol. The van der Waals surface area contributed by atoms with Gasteiger partial charge < -0.3 is 10.0 Å². The van der Waals surface area contributed by atoms with Gasteiger partial charge >= 0.3 is 7.12 Å². The Kier molecular flexibility index (Phi) is 3.33. The summed E-state index contributed by atoms with van der Waals surface area (Å²) in [6, 6.07) is 2.73. The summed E-state index contributed by atoms with van der Waals surface area (Å²) in [7, 11) is -1.71. The number of carbonyl (C=O) groups is 1. The Balaban J connectivity index is 3.35. The van der Waals surface area contributed by atoms with E-state index in [2.05, 4.69) is 0 Å². The van der Waals surface area contributed by atoms with Crippen molar-refractivity contribution >= 4 is 42.1 Å². The minimum atomic E-state index is -1.71. The first-order valence-corrected chi connectivity index (χ1v) is 4.12. The van der Waals surface area contributed by atoms with E-state index in [9.17, 15) is 4.79 Å². The fraction of sp³-hybridized carbons (Fsp3) is 0. The Morgan fingerprint density at radius 1 is 1.31 bits per heavy atom. The van der Waals surface area contributed by atoms with Crippen molar-refractivity contribution < 1.29 is 14.8 Å². The highest BCUT2D eigenvalue weighted by Crippen LogP contribution is 2.20. The Hall–Kier alpha value is -0.545. The molecule has 0 saturated carbocycles. The van der Waals surface area contributed by atoms with Gasteiger partial charge in [0.15, 0.2) is 6.29 Å². The van der Waals surface area contributed by atoms with Gasteiger partial charge in [0.25, 0.3) is 0 Å². The zero-order valence-electron chi connectivity index (χ0n) is 6.37. The van der Waals surface area contributed by atoms with E-state index >= 15 is 0 Å². The lowest BCUT2D eigenvalue weighted by Gasteiger charge is -2.05. The fourth-order valence-electron chi connectivity index (χ4n) is 0.894. The van der Waals surface area contributed by atoms with Gasteiger partial charge in [-0.1, -0.05) is 29.3 Å². The van der Waals surface area contributed by atoms with Crippen molar-refractivity contribution in [1.29, 1.82) is 0 Å². The van der Waals surface area contributed by atoms with Crippen LogP contribution >= 0.6 is 23.2 Å². The smallest absolute Gasteiger partial charge is 0.423 e. The number of hydrogen-bond acceptors (Lipinski definition) is 3. The van der Waals surface area contributed by atoms with Crippen molar-refractivity contribution in [1.82, 2.24) is 0 Å². The molecule has 0 aliphatic heterocycles. The molecule has 0 bridgehead atoms. The highest BCUT2D eigenvalue weighted by Gasteiger charge is 2.18. The average molecular weight is 219 g/mol. The molecule has 0 amide bonds. The largest absolute Gasteiger partial charge is 0.489 e. The fourth-order valence-corrected chi connectivity index (χ4v) is 1.45. The van der Waals surface area contributed by atoms with E-state index in [4.69, 9.17) is 33.2 Å². The zero-order valence-corrected chi connectivity index (χ0v) is 7.88. The molecule has 0 radical (unpaired) electrons. The second-order valence-corrected chi connectivity index (χ2v) is 3.14. The summed E-state index contributed by atoms with van der Waals surface area (Å²) in [4.78, 5) is 10.5. The summed E-state index contributed by atoms with van der Waals surface area (Å²) in [6.07, 6.45) is 0.469. The van der Waals surface area contributed by atoms with Crippen LogP contribution in [0.4, 0.5) is 0 Å². The van der Waals surface area contributed by atoms with Gasteiger partial charge in [-0.05, 0) is 6.07 Å². The molecular formula is C7H5BCl2O3. The second kappa shape index (κ2) is 4.11. The van der Waals surface area contributed by atoms with Crippen molar-refractivity contribution in [2.75, 3.05) is 0 Å². The molecule has 1 aromatic rings. The van der Waals surface area contributed by atoms with Crippen LogP contribution in [0.25, 0.3) is 0 Å². The van der Waals surface area contributed by atoms with E-state index < -0.39 is 7.12 Å². The number of aldehydes is 1. The maximum atomic E-state index is 10.5. The number of halogens is 2. The molecule has 0 aliphatic carbocycles. The molecule has 0 fully saturated rings. The van der Waals surface area contributed by atoms with Crippen LogP contribution in [0.2, 0.25) is 10.0 Å². The molecule has 0 aliphatic rings. The minimum absolute atomic E-state index is 0.0301. The summed E-state index contributed by atoms with van der Waals surface area (Å²) in [6.45, 7) is 0. The van der Waals surface area contributed by atoms with Crippen LogP contribution in [-0.4, -0.2) is 23.5 Å². The highest BCUT2D eigenvalue weighted by molar-refractivity contribution is 6.63. The molecule has 2 N–H and O–H groups in total. The molecule has 68 valence electrons. The first-order chi connectivity index (χ1) is 6.07. The monoisotopic (exact) mass is 218 g/mol. The Labute approximate surface area is 85.0 Å². The van der Waals surface area contributed by atoms with E-state index in [-0.39, 0.29) is 21.1 Å². The van der Waals surface area contributed by atoms with E-state index in [0.29, 0.717) is 6.29 Å². The zero-order chi connectivity index (χ0) is 10.0. The number of benzene rings is 1. The van der Waals surface area contributed by atoms with Crippen LogP contribution in [0.5, 0.6) is 0 Å². The van der Waals surface area contributed by atoms with E-state index in [0.717, 1.165) is 0 Å². The van der Waals surface area contributed by atoms with Crippen LogP contribution in [0, 0.1) is 0 Å². The SMILES string of the molecule is O=Cc1c(Cl)ccc(B(O)O)c1Cl. The summed E-state index contributed by atoms with van der Waals surface area (Å²) in [5.74, 6) is 0. The van der Waals surface area contributed by atoms with Gasteiger partial charge in [-0.15, -0.1) is 0 Å². The van der Waals surface area contributed by atoms with Gasteiger partial charge in [0.1, 0.15) is 0 Å². The summed E-state index contributed by atoms with van der Waals surface area (Å²) >= 11 is 11.3. The standard InChI is InChI=1S/C7H5BCl2O3/c9-6-2-1-5(8(12)13)7(10)4(6)3-11/h1-3,12-13H. The third-order valence-corrected chi connectivity index (χ3v) is 2.30. The third-order valence-electron chi connectivity index (χ3n) is 1.55. The maximum Gasteiger partial charge on any atom is 0.489 e. The Bertz CT molecular complexity index is 341. The van der Waals surface area contributed by atoms with Gasteiger partial charge in [-0.3, -0.25) is 4.79 Å². The topological polar surface area (TPSA) is 57.5 Å². The number of hydrogen-bond donors (Lipinski definition) is 2. The summed E-state index contributed by atoms with van der Waals surface area (Å²) in [5.41, 5.74) is 0.127. The molecule has 6 heteroatoms. The van der Waals surface area contributed by atoms with Crippen molar-refractivity contribution in [2.24, 2.45) is 0 Å². The highest BCUT2D eigenvalue weighted by atomic mass is 35.5. The van der Waals surface area contributed by atoms with Gasteiger partial charge in [0.05, 0.1) is 15.6 Å². The molecule has 13 heavy (non-hydrogen) atoms. The molecule has 0 spiro atoms. The van der Waals surface area contributed by atoms with Crippen molar-refractivity contribution in [3.63, 3.8) is 0 Å². The molecule has 0 unspecified atom stereocenters. The van der Waals surface area contributed by atoms with Crippen LogP contribution in [0.1, 0.15) is 10.4 Å². The van der Waals surface area contributed by atoms with Gasteiger partial charge in [-0.2, -0.15) is 0 Å². The molecule has 3 nitrogen and oxygen atoms in total. The normalized spacial score (nSPS) is 9.85. The van der Waals surface area contributed by atoms with E-state index in [1.165, 1.54) is 12.1 Å². The predicted molar refractivity (Wildman–Crippen MR) is 51.7 cm³/mol. The van der Waals surface area contributed by atoms with E-state index in [1.54, 1.807) is 0 Å². The van der Waals surface area contributed by atoms with Crippen LogP contribution in [0.15, 0.2) is 12.1 Å². The Morgan fingerprint density at radius 3 is 2.38 bits per heavy atom. The molecule has 1 rings (SSSR count). The van der Waals surface area contributed by atoms with Gasteiger partial charge in [0.2, 0.25) is 0 Å². The first-order valence-electron chi connectivity index (χ1n) is 3.37. The van der Waals surface area contributed by atoms with Crippen molar-refractivity contribution in [3.8, 4) is 0 Å². The lowest BCUT2D eigenvalue weighted by atomic mass is 9.79. The lowest BCUT2D eigenvalue weighted by Crippen LogP contribution is -2.31. The van der Waals surface area contributed by atoms with E-state index in [1.807, 2.05) is 0 Å². The van der Waals surface area contributed by atoms with Crippen molar-refractivity contribution in [3.05, 3.63) is 27.7 Å². The molecule has 0 saturated heterocycles. The first kappa shape index (κ1) is 10.5. The van der Waals surface area contributed by atoms with Crippen molar-refractivity contribution in [2.45, 2.75) is 0 Å². The maximum absolute atomic E-state index is 10.5. The second-order valence-electron chi connectivity index (χ2n) is 2.36. The molecule has 0 aromatic heterocycles. The summed E-state index contributed by atoms with van der Waals surface area (Å²) < 4.78 is 0. The number of carbonyl (C=O) groups excluding carboxylic acids is 1.